The summed E-state index contributed by atoms with van der Waals surface area (Å²) in [4.78, 5) is 19.1. The number of nitrogens with zero attached hydrogens (tertiary/aromatic N) is 4. The van der Waals surface area contributed by atoms with Crippen molar-refractivity contribution in [3.05, 3.63) is 11.9 Å². The average Bonchev–Trinajstić information content (AvgIpc) is 2.90. The maximum atomic E-state index is 12.3. The summed E-state index contributed by atoms with van der Waals surface area (Å²) in [5.41, 5.74) is 0.943. The highest BCUT2D eigenvalue weighted by molar-refractivity contribution is 7.20. The smallest absolute Gasteiger partial charge is 0.244 e. The predicted molar refractivity (Wildman–Crippen MR) is 81.2 cm³/mol. The summed E-state index contributed by atoms with van der Waals surface area (Å²) in [5, 5.41) is 8.41. The van der Waals surface area contributed by atoms with Gasteiger partial charge in [0.1, 0.15) is 6.04 Å². The molecule has 2 atom stereocenters. The Bertz CT molecular complexity index is 571. The molecule has 1 N–H and O–H groups in total. The SMILES string of the molecule is CC[C@H](C)[C@H](Nc1nn2cc(C)nc2s1)C(=O)N(C)C. The van der Waals surface area contributed by atoms with E-state index >= 15 is 0 Å². The monoisotopic (exact) mass is 295 g/mol. The number of aryl methyl sites for hydroxylation is 1. The molecule has 0 aliphatic carbocycles. The van der Waals surface area contributed by atoms with Crippen molar-refractivity contribution in [3.8, 4) is 0 Å². The van der Waals surface area contributed by atoms with Gasteiger partial charge in [-0.05, 0) is 12.8 Å². The van der Waals surface area contributed by atoms with Gasteiger partial charge in [0, 0.05) is 14.1 Å². The lowest BCUT2D eigenvalue weighted by atomic mass is 9.98. The number of amides is 1. The first-order valence-electron chi connectivity index (χ1n) is 6.73. The second-order valence-corrected chi connectivity index (χ2v) is 6.21. The van der Waals surface area contributed by atoms with Gasteiger partial charge >= 0.3 is 0 Å². The highest BCUT2D eigenvalue weighted by atomic mass is 32.1. The molecule has 2 aromatic rings. The summed E-state index contributed by atoms with van der Waals surface area (Å²) < 4.78 is 1.75. The molecule has 0 unspecified atom stereocenters. The summed E-state index contributed by atoms with van der Waals surface area (Å²) >= 11 is 1.46. The van der Waals surface area contributed by atoms with E-state index in [2.05, 4.69) is 29.2 Å². The lowest BCUT2D eigenvalue weighted by Gasteiger charge is -2.25. The predicted octanol–water partition coefficient (Wildman–Crippen LogP) is 2.01. The molecule has 110 valence electrons. The van der Waals surface area contributed by atoms with Gasteiger partial charge in [-0.25, -0.2) is 9.50 Å². The molecule has 2 aromatic heterocycles. The zero-order chi connectivity index (χ0) is 14.9. The number of likely N-dealkylation sites (N-methyl/N-ethyl adjacent to an activating group) is 1. The molecular weight excluding hydrogens is 274 g/mol. The van der Waals surface area contributed by atoms with Gasteiger partial charge in [0.25, 0.3) is 0 Å². The van der Waals surface area contributed by atoms with Crippen molar-refractivity contribution in [2.75, 3.05) is 19.4 Å². The number of nitrogens with one attached hydrogen (secondary N) is 1. The first-order chi connectivity index (χ1) is 9.42. The van der Waals surface area contributed by atoms with E-state index in [4.69, 9.17) is 0 Å². The van der Waals surface area contributed by atoms with Gasteiger partial charge in [-0.15, -0.1) is 5.10 Å². The van der Waals surface area contributed by atoms with Crippen LogP contribution in [0.25, 0.3) is 4.96 Å². The number of aromatic nitrogens is 3. The second kappa shape index (κ2) is 5.78. The van der Waals surface area contributed by atoms with Crippen molar-refractivity contribution in [1.29, 1.82) is 0 Å². The fourth-order valence-corrected chi connectivity index (χ4v) is 2.83. The molecule has 0 bridgehead atoms. The third-order valence-electron chi connectivity index (χ3n) is 3.36. The molecule has 0 aliphatic rings. The van der Waals surface area contributed by atoms with Gasteiger partial charge in [0.15, 0.2) is 0 Å². The Morgan fingerprint density at radius 1 is 1.55 bits per heavy atom. The normalized spacial score (nSPS) is 14.2. The number of imidazole rings is 1. The van der Waals surface area contributed by atoms with Crippen LogP contribution < -0.4 is 5.32 Å². The number of anilines is 1. The van der Waals surface area contributed by atoms with Crippen molar-refractivity contribution in [2.24, 2.45) is 5.92 Å². The topological polar surface area (TPSA) is 62.5 Å². The molecule has 0 aromatic carbocycles. The van der Waals surface area contributed by atoms with Crippen molar-refractivity contribution in [1.82, 2.24) is 19.5 Å². The van der Waals surface area contributed by atoms with Crippen molar-refractivity contribution >= 4 is 27.3 Å². The summed E-state index contributed by atoms with van der Waals surface area (Å²) in [5.74, 6) is 0.311. The summed E-state index contributed by atoms with van der Waals surface area (Å²) in [7, 11) is 3.55. The van der Waals surface area contributed by atoms with E-state index in [0.717, 1.165) is 22.2 Å². The van der Waals surface area contributed by atoms with E-state index in [9.17, 15) is 4.79 Å². The lowest BCUT2D eigenvalue weighted by molar-refractivity contribution is -0.130. The molecule has 0 fully saturated rings. The van der Waals surface area contributed by atoms with Gasteiger partial charge in [-0.2, -0.15) is 0 Å². The van der Waals surface area contributed by atoms with Gasteiger partial charge in [-0.3, -0.25) is 4.79 Å². The highest BCUT2D eigenvalue weighted by Gasteiger charge is 2.26. The zero-order valence-corrected chi connectivity index (χ0v) is 13.4. The summed E-state index contributed by atoms with van der Waals surface area (Å²) in [6, 6.07) is -0.257. The minimum absolute atomic E-state index is 0.0726. The van der Waals surface area contributed by atoms with Crippen LogP contribution >= 0.6 is 11.3 Å². The maximum Gasteiger partial charge on any atom is 0.244 e. The fraction of sp³-hybridized carbons (Fsp3) is 0.615. The molecule has 6 nitrogen and oxygen atoms in total. The number of carbonyl (C=O) groups excluding carboxylic acids is 1. The Kier molecular flexibility index (Phi) is 4.27. The molecule has 20 heavy (non-hydrogen) atoms. The van der Waals surface area contributed by atoms with Crippen LogP contribution in [0.15, 0.2) is 6.20 Å². The van der Waals surface area contributed by atoms with Crippen LogP contribution in [0.3, 0.4) is 0 Å². The molecule has 0 spiro atoms. The minimum Gasteiger partial charge on any atom is -0.348 e. The number of carbonyl (C=O) groups is 1. The third-order valence-corrected chi connectivity index (χ3v) is 4.22. The molecular formula is C13H21N5OS. The van der Waals surface area contributed by atoms with Gasteiger partial charge in [0.05, 0.1) is 11.9 Å². The Labute approximate surface area is 122 Å². The molecule has 0 saturated carbocycles. The Morgan fingerprint density at radius 3 is 2.80 bits per heavy atom. The van der Waals surface area contributed by atoms with E-state index in [1.54, 1.807) is 23.5 Å². The number of hydrogen-bond donors (Lipinski definition) is 1. The molecule has 0 aliphatic heterocycles. The van der Waals surface area contributed by atoms with E-state index in [-0.39, 0.29) is 17.9 Å². The van der Waals surface area contributed by atoms with Gasteiger partial charge in [0.2, 0.25) is 16.0 Å². The molecule has 0 saturated heterocycles. The van der Waals surface area contributed by atoms with E-state index in [0.29, 0.717) is 0 Å². The number of fused-ring (bicyclic) bond motifs is 1. The molecule has 2 rings (SSSR count). The Hall–Kier alpha value is -1.63. The van der Waals surface area contributed by atoms with E-state index in [1.165, 1.54) is 11.3 Å². The largest absolute Gasteiger partial charge is 0.348 e. The molecule has 2 heterocycles. The quantitative estimate of drug-likeness (QED) is 0.916. The maximum absolute atomic E-state index is 12.3. The third kappa shape index (κ3) is 2.92. The van der Waals surface area contributed by atoms with Crippen molar-refractivity contribution < 1.29 is 4.79 Å². The van der Waals surface area contributed by atoms with Gasteiger partial charge in [-0.1, -0.05) is 31.6 Å². The minimum atomic E-state index is -0.257. The van der Waals surface area contributed by atoms with Crippen LogP contribution in [0.4, 0.5) is 5.13 Å². The Morgan fingerprint density at radius 2 is 2.25 bits per heavy atom. The summed E-state index contributed by atoms with van der Waals surface area (Å²) in [6.45, 7) is 6.09. The fourth-order valence-electron chi connectivity index (χ4n) is 1.96. The Balaban J connectivity index is 2.21. The van der Waals surface area contributed by atoms with Crippen LogP contribution in [0.2, 0.25) is 0 Å². The van der Waals surface area contributed by atoms with Crippen LogP contribution in [0.1, 0.15) is 26.0 Å². The highest BCUT2D eigenvalue weighted by Crippen LogP contribution is 2.22. The number of hydrogen-bond acceptors (Lipinski definition) is 5. The zero-order valence-electron chi connectivity index (χ0n) is 12.5. The first-order valence-corrected chi connectivity index (χ1v) is 7.54. The van der Waals surface area contributed by atoms with E-state index < -0.39 is 0 Å². The molecule has 7 heteroatoms. The first kappa shape index (κ1) is 14.8. The van der Waals surface area contributed by atoms with Crippen LogP contribution in [-0.2, 0) is 4.79 Å². The van der Waals surface area contributed by atoms with Crippen molar-refractivity contribution in [2.45, 2.75) is 33.2 Å². The average molecular weight is 295 g/mol. The standard InChI is InChI=1S/C13H21N5OS/c1-6-8(2)10(11(19)17(4)5)15-12-16-18-7-9(3)14-13(18)20-12/h7-8,10H,6H2,1-5H3,(H,15,16)/t8-,10-/m0/s1. The second-order valence-electron chi connectivity index (χ2n) is 5.26. The van der Waals surface area contributed by atoms with Gasteiger partial charge < -0.3 is 10.2 Å². The van der Waals surface area contributed by atoms with Crippen LogP contribution in [0.5, 0.6) is 0 Å². The number of rotatable bonds is 5. The lowest BCUT2D eigenvalue weighted by Crippen LogP contribution is -2.43. The van der Waals surface area contributed by atoms with E-state index in [1.807, 2.05) is 13.1 Å². The van der Waals surface area contributed by atoms with Crippen LogP contribution in [0, 0.1) is 12.8 Å². The summed E-state index contributed by atoms with van der Waals surface area (Å²) in [6.07, 6.45) is 2.81. The van der Waals surface area contributed by atoms with Crippen LogP contribution in [-0.4, -0.2) is 45.5 Å². The van der Waals surface area contributed by atoms with Crippen molar-refractivity contribution in [3.63, 3.8) is 0 Å². The molecule has 0 radical (unpaired) electrons. The molecule has 1 amide bonds.